The van der Waals surface area contributed by atoms with Gasteiger partial charge in [0.05, 0.1) is 0 Å². The van der Waals surface area contributed by atoms with Gasteiger partial charge >= 0.3 is 0 Å². The molecular weight excluding hydrogens is 264 g/mol. The minimum atomic E-state index is -0.291. The molecule has 0 bridgehead atoms. The Morgan fingerprint density at radius 3 is 2.37 bits per heavy atom. The lowest BCUT2D eigenvalue weighted by atomic mass is 9.85. The smallest absolute Gasteiger partial charge is 0.251 e. The summed E-state index contributed by atoms with van der Waals surface area (Å²) in [6, 6.07) is 5.27. The van der Waals surface area contributed by atoms with Crippen molar-refractivity contribution in [1.82, 2.24) is 5.32 Å². The van der Waals surface area contributed by atoms with Gasteiger partial charge in [-0.1, -0.05) is 26.8 Å². The average Bonchev–Trinajstić information content (AvgIpc) is 2.36. The van der Waals surface area contributed by atoms with E-state index >= 15 is 0 Å². The Kier molecular flexibility index (Phi) is 4.95. The molecular formula is C14H19ClN2O2. The Morgan fingerprint density at radius 1 is 1.26 bits per heavy atom. The van der Waals surface area contributed by atoms with Gasteiger partial charge in [0.25, 0.3) is 5.91 Å². The maximum atomic E-state index is 11.6. The maximum absolute atomic E-state index is 11.6. The summed E-state index contributed by atoms with van der Waals surface area (Å²) in [5.74, 6) is -0.601. The molecule has 1 aromatic rings. The monoisotopic (exact) mass is 282 g/mol. The summed E-state index contributed by atoms with van der Waals surface area (Å²) >= 11 is 5.51. The molecule has 0 spiro atoms. The fourth-order valence-electron chi connectivity index (χ4n) is 1.77. The van der Waals surface area contributed by atoms with Crippen LogP contribution in [0.3, 0.4) is 0 Å². The highest BCUT2D eigenvalue weighted by atomic mass is 35.5. The number of benzene rings is 1. The lowest BCUT2D eigenvalue weighted by Crippen LogP contribution is -2.22. The van der Waals surface area contributed by atoms with Gasteiger partial charge in [-0.05, 0) is 23.1 Å². The van der Waals surface area contributed by atoms with Crippen LogP contribution < -0.4 is 10.6 Å². The summed E-state index contributed by atoms with van der Waals surface area (Å²) in [6.45, 7) is 6.12. The van der Waals surface area contributed by atoms with Gasteiger partial charge in [-0.25, -0.2) is 0 Å². The van der Waals surface area contributed by atoms with Crippen molar-refractivity contribution in [1.29, 1.82) is 0 Å². The number of hydrogen-bond acceptors (Lipinski definition) is 2. The van der Waals surface area contributed by atoms with E-state index in [1.165, 1.54) is 0 Å². The highest BCUT2D eigenvalue weighted by molar-refractivity contribution is 6.29. The van der Waals surface area contributed by atoms with Crippen LogP contribution in [0.15, 0.2) is 18.2 Å². The molecule has 0 saturated carbocycles. The van der Waals surface area contributed by atoms with Gasteiger partial charge in [-0.15, -0.1) is 11.6 Å². The molecule has 0 radical (unpaired) electrons. The minimum absolute atomic E-state index is 0.117. The van der Waals surface area contributed by atoms with Crippen LogP contribution in [-0.2, 0) is 10.2 Å². The van der Waals surface area contributed by atoms with E-state index in [-0.39, 0.29) is 23.1 Å². The molecule has 2 N–H and O–H groups in total. The van der Waals surface area contributed by atoms with Gasteiger partial charge in [-0.3, -0.25) is 9.59 Å². The topological polar surface area (TPSA) is 58.2 Å². The molecule has 1 rings (SSSR count). The number of nitrogens with one attached hydrogen (secondary N) is 2. The molecule has 0 fully saturated rings. The summed E-state index contributed by atoms with van der Waals surface area (Å²) in [7, 11) is 1.57. The predicted octanol–water partition coefficient (Wildman–Crippen LogP) is 2.52. The molecule has 0 aliphatic rings. The summed E-state index contributed by atoms with van der Waals surface area (Å²) < 4.78 is 0. The quantitative estimate of drug-likeness (QED) is 0.837. The van der Waals surface area contributed by atoms with Gasteiger partial charge in [-0.2, -0.15) is 0 Å². The Balaban J connectivity index is 3.26. The second-order valence-corrected chi connectivity index (χ2v) is 5.54. The molecule has 2 amide bonds. The lowest BCUT2D eigenvalue weighted by Gasteiger charge is -2.23. The van der Waals surface area contributed by atoms with Crippen LogP contribution in [0.5, 0.6) is 0 Å². The van der Waals surface area contributed by atoms with E-state index < -0.39 is 0 Å². The molecule has 19 heavy (non-hydrogen) atoms. The summed E-state index contributed by atoms with van der Waals surface area (Å²) in [5.41, 5.74) is 1.94. The normalized spacial score (nSPS) is 11.0. The van der Waals surface area contributed by atoms with Crippen LogP contribution in [0.2, 0.25) is 0 Å². The van der Waals surface area contributed by atoms with Gasteiger partial charge in [0, 0.05) is 18.3 Å². The van der Waals surface area contributed by atoms with Crippen molar-refractivity contribution in [3.05, 3.63) is 29.3 Å². The first-order chi connectivity index (χ1) is 8.79. The SMILES string of the molecule is CNC(=O)c1ccc(C(C)(C)C)c(NC(=O)CCl)c1. The van der Waals surface area contributed by atoms with Crippen molar-refractivity contribution in [3.63, 3.8) is 0 Å². The first kappa shape index (κ1) is 15.5. The number of alkyl halides is 1. The van der Waals surface area contributed by atoms with Gasteiger partial charge in [0.1, 0.15) is 5.88 Å². The number of carbonyl (C=O) groups is 2. The lowest BCUT2D eigenvalue weighted by molar-refractivity contribution is -0.113. The van der Waals surface area contributed by atoms with Crippen molar-refractivity contribution in [2.75, 3.05) is 18.2 Å². The summed E-state index contributed by atoms with van der Waals surface area (Å²) in [4.78, 5) is 23.1. The highest BCUT2D eigenvalue weighted by Crippen LogP contribution is 2.30. The molecule has 4 nitrogen and oxygen atoms in total. The third kappa shape index (κ3) is 3.96. The van der Waals surface area contributed by atoms with Crippen LogP contribution in [0.4, 0.5) is 5.69 Å². The van der Waals surface area contributed by atoms with E-state index in [0.717, 1.165) is 5.56 Å². The molecule has 0 heterocycles. The molecule has 0 aromatic heterocycles. The van der Waals surface area contributed by atoms with Crippen molar-refractivity contribution in [2.45, 2.75) is 26.2 Å². The Bertz CT molecular complexity index is 493. The van der Waals surface area contributed by atoms with E-state index in [1.807, 2.05) is 26.8 Å². The standard InChI is InChI=1S/C14H19ClN2O2/c1-14(2,3)10-6-5-9(13(19)16-4)7-11(10)17-12(18)8-15/h5-7H,8H2,1-4H3,(H,16,19)(H,17,18). The molecule has 1 aromatic carbocycles. The molecule has 104 valence electrons. The summed E-state index contributed by atoms with van der Waals surface area (Å²) in [6.07, 6.45) is 0. The maximum Gasteiger partial charge on any atom is 0.251 e. The molecule has 0 aliphatic heterocycles. The second kappa shape index (κ2) is 6.06. The number of rotatable bonds is 3. The predicted molar refractivity (Wildman–Crippen MR) is 77.9 cm³/mol. The number of halogens is 1. The third-order valence-electron chi connectivity index (χ3n) is 2.71. The molecule has 0 saturated heterocycles. The fourth-order valence-corrected chi connectivity index (χ4v) is 1.84. The average molecular weight is 283 g/mol. The fraction of sp³-hybridized carbons (Fsp3) is 0.429. The Hall–Kier alpha value is -1.55. The second-order valence-electron chi connectivity index (χ2n) is 5.27. The molecule has 0 atom stereocenters. The molecule has 0 unspecified atom stereocenters. The zero-order valence-corrected chi connectivity index (χ0v) is 12.4. The van der Waals surface area contributed by atoms with Crippen LogP contribution in [0, 0.1) is 0 Å². The minimum Gasteiger partial charge on any atom is -0.355 e. The third-order valence-corrected chi connectivity index (χ3v) is 2.96. The Morgan fingerprint density at radius 2 is 1.89 bits per heavy atom. The highest BCUT2D eigenvalue weighted by Gasteiger charge is 2.20. The van der Waals surface area contributed by atoms with Crippen molar-refractivity contribution >= 4 is 29.1 Å². The van der Waals surface area contributed by atoms with Gasteiger partial charge in [0.15, 0.2) is 0 Å². The first-order valence-corrected chi connectivity index (χ1v) is 6.55. The van der Waals surface area contributed by atoms with E-state index in [1.54, 1.807) is 19.2 Å². The van der Waals surface area contributed by atoms with E-state index in [4.69, 9.17) is 11.6 Å². The van der Waals surface area contributed by atoms with Crippen LogP contribution in [0.25, 0.3) is 0 Å². The van der Waals surface area contributed by atoms with Gasteiger partial charge < -0.3 is 10.6 Å². The number of amides is 2. The van der Waals surface area contributed by atoms with E-state index in [2.05, 4.69) is 10.6 Å². The van der Waals surface area contributed by atoms with Crippen molar-refractivity contribution in [3.8, 4) is 0 Å². The number of carbonyl (C=O) groups excluding carboxylic acids is 2. The largest absolute Gasteiger partial charge is 0.355 e. The van der Waals surface area contributed by atoms with Crippen molar-refractivity contribution < 1.29 is 9.59 Å². The van der Waals surface area contributed by atoms with E-state index in [0.29, 0.717) is 11.3 Å². The molecule has 5 heteroatoms. The number of anilines is 1. The van der Waals surface area contributed by atoms with Crippen molar-refractivity contribution in [2.24, 2.45) is 0 Å². The Labute approximate surface area is 118 Å². The zero-order chi connectivity index (χ0) is 14.6. The van der Waals surface area contributed by atoms with Crippen LogP contribution in [-0.4, -0.2) is 24.7 Å². The van der Waals surface area contributed by atoms with Gasteiger partial charge in [0.2, 0.25) is 5.91 Å². The molecule has 0 aliphatic carbocycles. The zero-order valence-electron chi connectivity index (χ0n) is 11.6. The van der Waals surface area contributed by atoms with Crippen LogP contribution in [0.1, 0.15) is 36.7 Å². The van der Waals surface area contributed by atoms with Crippen LogP contribution >= 0.6 is 11.6 Å². The first-order valence-electron chi connectivity index (χ1n) is 6.02. The van der Waals surface area contributed by atoms with E-state index in [9.17, 15) is 9.59 Å². The number of hydrogen-bond donors (Lipinski definition) is 2. The summed E-state index contributed by atoms with van der Waals surface area (Å²) in [5, 5.41) is 5.29.